The van der Waals surface area contributed by atoms with Crippen molar-refractivity contribution in [2.24, 2.45) is 27.6 Å². The second-order valence-corrected chi connectivity index (χ2v) is 7.21. The summed E-state index contributed by atoms with van der Waals surface area (Å²) in [5.74, 6) is 7.15. The van der Waals surface area contributed by atoms with Crippen LogP contribution in [0.25, 0.3) is 0 Å². The van der Waals surface area contributed by atoms with Crippen molar-refractivity contribution < 1.29 is 4.74 Å². The normalized spacial score (nSPS) is 35.4. The van der Waals surface area contributed by atoms with Crippen LogP contribution in [0.1, 0.15) is 46.5 Å². The maximum Gasteiger partial charge on any atom is 0.205 e. The van der Waals surface area contributed by atoms with Gasteiger partial charge in [-0.2, -0.15) is 0 Å². The molecule has 2 aliphatic carbocycles. The van der Waals surface area contributed by atoms with Gasteiger partial charge >= 0.3 is 0 Å². The van der Waals surface area contributed by atoms with Crippen LogP contribution >= 0.6 is 0 Å². The molecule has 0 aromatic rings. The fraction of sp³-hybridized carbons (Fsp3) is 0.933. The number of hydrazine groups is 1. The summed E-state index contributed by atoms with van der Waals surface area (Å²) in [6.45, 7) is 8.61. The lowest BCUT2D eigenvalue weighted by molar-refractivity contribution is 0.124. The van der Waals surface area contributed by atoms with Crippen molar-refractivity contribution in [1.29, 1.82) is 0 Å². The first-order valence-corrected chi connectivity index (χ1v) is 7.70. The Hall–Kier alpha value is -0.810. The Morgan fingerprint density at radius 3 is 2.70 bits per heavy atom. The standard InChI is InChI=1S/C15H30N4O/c1-14(2)11-6-7-15(3,10-11)12(14)18-13(19-16)17-8-5-9-20-4/h11-12H,5-10,16H2,1-4H3,(H2,17,18,19). The molecule has 116 valence electrons. The lowest BCUT2D eigenvalue weighted by Gasteiger charge is -2.43. The second-order valence-electron chi connectivity index (χ2n) is 7.21. The number of nitrogens with two attached hydrogens (primary N) is 1. The molecule has 0 aliphatic heterocycles. The van der Waals surface area contributed by atoms with E-state index in [0.29, 0.717) is 22.8 Å². The van der Waals surface area contributed by atoms with Crippen molar-refractivity contribution >= 4 is 5.96 Å². The Bertz CT molecular complexity index is 364. The van der Waals surface area contributed by atoms with Crippen LogP contribution in [0.5, 0.6) is 0 Å². The molecule has 0 radical (unpaired) electrons. The van der Waals surface area contributed by atoms with E-state index in [1.807, 2.05) is 0 Å². The fourth-order valence-electron chi connectivity index (χ4n) is 4.33. The first-order chi connectivity index (χ1) is 9.44. The topological polar surface area (TPSA) is 71.7 Å². The van der Waals surface area contributed by atoms with Crippen molar-refractivity contribution in [3.05, 3.63) is 0 Å². The predicted octanol–water partition coefficient (Wildman–Crippen LogP) is 1.65. The van der Waals surface area contributed by atoms with Gasteiger partial charge in [-0.15, -0.1) is 0 Å². The monoisotopic (exact) mass is 282 g/mol. The minimum atomic E-state index is 0.303. The SMILES string of the molecule is COCCCN=C(NN)NC1C2(C)CCC(C2)C1(C)C. The largest absolute Gasteiger partial charge is 0.385 e. The molecule has 2 rings (SSSR count). The third-order valence-corrected chi connectivity index (χ3v) is 5.46. The van der Waals surface area contributed by atoms with E-state index in [9.17, 15) is 0 Å². The summed E-state index contributed by atoms with van der Waals surface area (Å²) in [6, 6.07) is 0.436. The number of fused-ring (bicyclic) bond motifs is 2. The molecule has 2 saturated carbocycles. The predicted molar refractivity (Wildman–Crippen MR) is 82.3 cm³/mol. The summed E-state index contributed by atoms with van der Waals surface area (Å²) in [7, 11) is 1.71. The van der Waals surface area contributed by atoms with E-state index in [1.54, 1.807) is 7.11 Å². The van der Waals surface area contributed by atoms with Gasteiger partial charge in [-0.1, -0.05) is 20.8 Å². The Kier molecular flexibility index (Phi) is 4.59. The molecular formula is C15H30N4O. The first kappa shape index (κ1) is 15.6. The van der Waals surface area contributed by atoms with E-state index in [-0.39, 0.29) is 0 Å². The summed E-state index contributed by atoms with van der Waals surface area (Å²) < 4.78 is 5.04. The number of ether oxygens (including phenoxy) is 1. The Morgan fingerprint density at radius 2 is 2.15 bits per heavy atom. The molecule has 0 saturated heterocycles. The zero-order valence-electron chi connectivity index (χ0n) is 13.3. The number of hydrogen-bond donors (Lipinski definition) is 3. The van der Waals surface area contributed by atoms with Gasteiger partial charge in [0.25, 0.3) is 0 Å². The lowest BCUT2D eigenvalue weighted by atomic mass is 9.68. The number of hydrogen-bond acceptors (Lipinski definition) is 3. The van der Waals surface area contributed by atoms with E-state index in [0.717, 1.165) is 25.5 Å². The van der Waals surface area contributed by atoms with Crippen LogP contribution in [0.2, 0.25) is 0 Å². The van der Waals surface area contributed by atoms with Gasteiger partial charge in [-0.3, -0.25) is 10.4 Å². The molecule has 2 bridgehead atoms. The molecule has 0 amide bonds. The van der Waals surface area contributed by atoms with E-state index >= 15 is 0 Å². The van der Waals surface area contributed by atoms with Gasteiger partial charge < -0.3 is 10.1 Å². The maximum absolute atomic E-state index is 5.62. The molecular weight excluding hydrogens is 252 g/mol. The minimum Gasteiger partial charge on any atom is -0.385 e. The molecule has 3 unspecified atom stereocenters. The molecule has 5 nitrogen and oxygen atoms in total. The molecule has 20 heavy (non-hydrogen) atoms. The molecule has 0 spiro atoms. The van der Waals surface area contributed by atoms with Gasteiger partial charge in [0.1, 0.15) is 0 Å². The molecule has 5 heteroatoms. The van der Waals surface area contributed by atoms with Crippen molar-refractivity contribution in [2.45, 2.75) is 52.5 Å². The Balaban J connectivity index is 2.00. The number of nitrogens with zero attached hydrogens (tertiary/aromatic N) is 1. The summed E-state index contributed by atoms with van der Waals surface area (Å²) >= 11 is 0. The maximum atomic E-state index is 5.62. The van der Waals surface area contributed by atoms with E-state index in [1.165, 1.54) is 19.3 Å². The first-order valence-electron chi connectivity index (χ1n) is 7.70. The van der Waals surface area contributed by atoms with Crippen molar-refractivity contribution in [3.63, 3.8) is 0 Å². The minimum absolute atomic E-state index is 0.303. The number of guanidine groups is 1. The average Bonchev–Trinajstić information content (AvgIpc) is 2.88. The van der Waals surface area contributed by atoms with E-state index in [2.05, 4.69) is 36.5 Å². The van der Waals surface area contributed by atoms with Crippen LogP contribution < -0.4 is 16.6 Å². The Labute approximate surface area is 122 Å². The number of methoxy groups -OCH3 is 1. The molecule has 2 aliphatic rings. The smallest absolute Gasteiger partial charge is 0.205 e. The number of rotatable bonds is 5. The van der Waals surface area contributed by atoms with Crippen LogP contribution in [-0.2, 0) is 4.74 Å². The summed E-state index contributed by atoms with van der Waals surface area (Å²) in [5.41, 5.74) is 3.39. The third kappa shape index (κ3) is 2.79. The highest BCUT2D eigenvalue weighted by Crippen LogP contribution is 2.62. The van der Waals surface area contributed by atoms with E-state index < -0.39 is 0 Å². The zero-order chi connectivity index (χ0) is 14.8. The summed E-state index contributed by atoms with van der Waals surface area (Å²) in [4.78, 5) is 4.51. The second kappa shape index (κ2) is 5.90. The summed E-state index contributed by atoms with van der Waals surface area (Å²) in [6.07, 6.45) is 4.90. The van der Waals surface area contributed by atoms with Crippen molar-refractivity contribution in [1.82, 2.24) is 10.7 Å². The van der Waals surface area contributed by atoms with E-state index in [4.69, 9.17) is 10.6 Å². The Morgan fingerprint density at radius 1 is 1.40 bits per heavy atom. The fourth-order valence-corrected chi connectivity index (χ4v) is 4.33. The molecule has 2 fully saturated rings. The lowest BCUT2D eigenvalue weighted by Crippen LogP contribution is -2.56. The van der Waals surface area contributed by atoms with Crippen molar-refractivity contribution in [3.8, 4) is 0 Å². The van der Waals surface area contributed by atoms with Gasteiger partial charge in [0.15, 0.2) is 0 Å². The highest BCUT2D eigenvalue weighted by molar-refractivity contribution is 5.79. The molecule has 4 N–H and O–H groups in total. The summed E-state index contributed by atoms with van der Waals surface area (Å²) in [5, 5.41) is 3.58. The van der Waals surface area contributed by atoms with Gasteiger partial charge in [-0.05, 0) is 42.4 Å². The average molecular weight is 282 g/mol. The van der Waals surface area contributed by atoms with Crippen LogP contribution in [-0.4, -0.2) is 32.3 Å². The van der Waals surface area contributed by atoms with Crippen molar-refractivity contribution in [2.75, 3.05) is 20.3 Å². The molecule has 0 aromatic heterocycles. The number of nitrogens with one attached hydrogen (secondary N) is 2. The third-order valence-electron chi connectivity index (χ3n) is 5.46. The highest BCUT2D eigenvalue weighted by Gasteiger charge is 2.59. The molecule has 3 atom stereocenters. The van der Waals surface area contributed by atoms with Gasteiger partial charge in [0.2, 0.25) is 5.96 Å². The van der Waals surface area contributed by atoms with Crippen LogP contribution in [0.15, 0.2) is 4.99 Å². The van der Waals surface area contributed by atoms with Crippen LogP contribution in [0.4, 0.5) is 0 Å². The molecule has 0 aromatic carbocycles. The van der Waals surface area contributed by atoms with Crippen LogP contribution in [0.3, 0.4) is 0 Å². The van der Waals surface area contributed by atoms with Crippen LogP contribution in [0, 0.1) is 16.7 Å². The quantitative estimate of drug-likeness (QED) is 0.236. The highest BCUT2D eigenvalue weighted by atomic mass is 16.5. The number of aliphatic imine (C=N–C) groups is 1. The van der Waals surface area contributed by atoms with Gasteiger partial charge in [0, 0.05) is 26.3 Å². The molecule has 0 heterocycles. The zero-order valence-corrected chi connectivity index (χ0v) is 13.3. The van der Waals surface area contributed by atoms with Gasteiger partial charge in [-0.25, -0.2) is 5.84 Å². The van der Waals surface area contributed by atoms with Gasteiger partial charge in [0.05, 0.1) is 0 Å².